The minimum absolute atomic E-state index is 0.0596. The average molecular weight is 393 g/mol. The normalized spacial score (nSPS) is 13.4. The van der Waals surface area contributed by atoms with Crippen LogP contribution in [0, 0.1) is 0 Å². The van der Waals surface area contributed by atoms with Crippen LogP contribution in [0.25, 0.3) is 10.9 Å². The molecule has 2 heterocycles. The molecule has 3 aromatic rings. The number of carbonyl (C=O) groups excluding carboxylic acids is 2. The number of para-hydroxylation sites is 1. The van der Waals surface area contributed by atoms with Gasteiger partial charge >= 0.3 is 0 Å². The van der Waals surface area contributed by atoms with Crippen LogP contribution in [-0.4, -0.2) is 38.6 Å². The molecule has 0 bridgehead atoms. The number of hydrogen-bond acceptors (Lipinski definition) is 5. The van der Waals surface area contributed by atoms with E-state index >= 15 is 0 Å². The number of thioether (sulfide) groups is 1. The van der Waals surface area contributed by atoms with E-state index in [1.807, 2.05) is 25.1 Å². The Hall–Kier alpha value is -2.93. The molecule has 1 aliphatic heterocycles. The second-order valence-electron chi connectivity index (χ2n) is 6.52. The highest BCUT2D eigenvalue weighted by atomic mass is 32.2. The SMILES string of the molecule is CCCn1c(SCCN2C(=O)c3ccccc3C2=O)nc2ccccc2c1=O. The van der Waals surface area contributed by atoms with Crippen molar-refractivity contribution in [1.29, 1.82) is 0 Å². The number of benzene rings is 2. The Morgan fingerprint density at radius 3 is 2.21 bits per heavy atom. The molecule has 2 amide bonds. The van der Waals surface area contributed by atoms with Crippen LogP contribution in [-0.2, 0) is 6.54 Å². The molecule has 7 heteroatoms. The molecule has 28 heavy (non-hydrogen) atoms. The van der Waals surface area contributed by atoms with Gasteiger partial charge < -0.3 is 0 Å². The maximum absolute atomic E-state index is 12.8. The summed E-state index contributed by atoms with van der Waals surface area (Å²) in [4.78, 5) is 43.6. The van der Waals surface area contributed by atoms with Gasteiger partial charge in [0.2, 0.25) is 0 Å². The maximum atomic E-state index is 12.8. The van der Waals surface area contributed by atoms with Gasteiger partial charge in [0.15, 0.2) is 5.16 Å². The van der Waals surface area contributed by atoms with Crippen molar-refractivity contribution in [3.05, 3.63) is 70.0 Å². The van der Waals surface area contributed by atoms with Crippen LogP contribution in [0.15, 0.2) is 58.5 Å². The number of rotatable bonds is 6. The van der Waals surface area contributed by atoms with Gasteiger partial charge in [0.05, 0.1) is 22.0 Å². The first-order valence-corrected chi connectivity index (χ1v) is 10.2. The lowest BCUT2D eigenvalue weighted by Gasteiger charge is -2.15. The summed E-state index contributed by atoms with van der Waals surface area (Å²) in [5.41, 5.74) is 1.49. The van der Waals surface area contributed by atoms with Crippen LogP contribution in [0.5, 0.6) is 0 Å². The van der Waals surface area contributed by atoms with Crippen LogP contribution < -0.4 is 5.56 Å². The van der Waals surface area contributed by atoms with Crippen molar-refractivity contribution in [3.63, 3.8) is 0 Å². The Balaban J connectivity index is 1.55. The molecule has 0 saturated heterocycles. The van der Waals surface area contributed by atoms with Crippen molar-refractivity contribution < 1.29 is 9.59 Å². The van der Waals surface area contributed by atoms with Gasteiger partial charge in [-0.2, -0.15) is 0 Å². The number of amides is 2. The predicted molar refractivity (Wildman–Crippen MR) is 109 cm³/mol. The van der Waals surface area contributed by atoms with Gasteiger partial charge in [-0.1, -0.05) is 43.0 Å². The molecule has 6 nitrogen and oxygen atoms in total. The van der Waals surface area contributed by atoms with Crippen molar-refractivity contribution in [2.45, 2.75) is 25.0 Å². The van der Waals surface area contributed by atoms with E-state index in [0.717, 1.165) is 6.42 Å². The minimum Gasteiger partial charge on any atom is -0.287 e. The Morgan fingerprint density at radius 2 is 1.54 bits per heavy atom. The lowest BCUT2D eigenvalue weighted by molar-refractivity contribution is 0.0664. The van der Waals surface area contributed by atoms with Gasteiger partial charge in [-0.3, -0.25) is 23.9 Å². The molecule has 0 fully saturated rings. The molecule has 1 aliphatic rings. The second-order valence-corrected chi connectivity index (χ2v) is 7.59. The molecule has 0 atom stereocenters. The fourth-order valence-electron chi connectivity index (χ4n) is 3.35. The molecule has 0 aliphatic carbocycles. The van der Waals surface area contributed by atoms with Gasteiger partial charge in [-0.25, -0.2) is 4.98 Å². The van der Waals surface area contributed by atoms with Gasteiger partial charge in [0, 0.05) is 18.8 Å². The molecular weight excluding hydrogens is 374 g/mol. The quantitative estimate of drug-likeness (QED) is 0.365. The van der Waals surface area contributed by atoms with Crippen molar-refractivity contribution in [2.75, 3.05) is 12.3 Å². The fraction of sp³-hybridized carbons (Fsp3) is 0.238. The van der Waals surface area contributed by atoms with Gasteiger partial charge in [0.25, 0.3) is 17.4 Å². The molecule has 0 spiro atoms. The topological polar surface area (TPSA) is 72.3 Å². The third kappa shape index (κ3) is 3.11. The smallest absolute Gasteiger partial charge is 0.262 e. The largest absolute Gasteiger partial charge is 0.287 e. The molecule has 2 aromatic carbocycles. The van der Waals surface area contributed by atoms with Crippen molar-refractivity contribution >= 4 is 34.5 Å². The maximum Gasteiger partial charge on any atom is 0.262 e. The van der Waals surface area contributed by atoms with E-state index in [4.69, 9.17) is 0 Å². The molecule has 142 valence electrons. The zero-order valence-electron chi connectivity index (χ0n) is 15.4. The standard InChI is InChI=1S/C21H19N3O3S/c1-2-11-24-20(27)16-9-5-6-10-17(16)22-21(24)28-13-12-23-18(25)14-7-3-4-8-15(14)19(23)26/h3-10H,2,11-13H2,1H3. The Bertz CT molecular complexity index is 1100. The summed E-state index contributed by atoms with van der Waals surface area (Å²) in [6.45, 7) is 2.85. The van der Waals surface area contributed by atoms with E-state index in [9.17, 15) is 14.4 Å². The summed E-state index contributed by atoms with van der Waals surface area (Å²) < 4.78 is 1.68. The zero-order chi connectivity index (χ0) is 19.7. The summed E-state index contributed by atoms with van der Waals surface area (Å²) in [5, 5.41) is 1.21. The van der Waals surface area contributed by atoms with Gasteiger partial charge in [0.1, 0.15) is 0 Å². The first kappa shape index (κ1) is 18.4. The Kier molecular flexibility index (Phi) is 5.00. The summed E-state index contributed by atoms with van der Waals surface area (Å²) >= 11 is 1.39. The van der Waals surface area contributed by atoms with Crippen molar-refractivity contribution in [1.82, 2.24) is 14.5 Å². The zero-order valence-corrected chi connectivity index (χ0v) is 16.2. The number of fused-ring (bicyclic) bond motifs is 2. The minimum atomic E-state index is -0.265. The predicted octanol–water partition coefficient (Wildman–Crippen LogP) is 3.19. The lowest BCUT2D eigenvalue weighted by Crippen LogP contribution is -2.32. The third-order valence-corrected chi connectivity index (χ3v) is 5.65. The number of hydrogen-bond donors (Lipinski definition) is 0. The van der Waals surface area contributed by atoms with Crippen molar-refractivity contribution in [3.8, 4) is 0 Å². The van der Waals surface area contributed by atoms with Gasteiger partial charge in [-0.05, 0) is 30.7 Å². The fourth-order valence-corrected chi connectivity index (χ4v) is 4.30. The first-order chi connectivity index (χ1) is 13.6. The molecule has 0 unspecified atom stereocenters. The Labute approximate surface area is 166 Å². The third-order valence-electron chi connectivity index (χ3n) is 4.70. The number of imide groups is 1. The summed E-state index contributed by atoms with van der Waals surface area (Å²) in [5.74, 6) is -0.0581. The van der Waals surface area contributed by atoms with E-state index in [2.05, 4.69) is 4.98 Å². The van der Waals surface area contributed by atoms with Crippen LogP contribution in [0.4, 0.5) is 0 Å². The number of aromatic nitrogens is 2. The van der Waals surface area contributed by atoms with Crippen LogP contribution >= 0.6 is 11.8 Å². The molecule has 4 rings (SSSR count). The van der Waals surface area contributed by atoms with Crippen LogP contribution in [0.2, 0.25) is 0 Å². The lowest BCUT2D eigenvalue weighted by atomic mass is 10.1. The number of nitrogens with zero attached hydrogens (tertiary/aromatic N) is 3. The first-order valence-electron chi connectivity index (χ1n) is 9.19. The summed E-state index contributed by atoms with van der Waals surface area (Å²) in [6.07, 6.45) is 0.811. The van der Waals surface area contributed by atoms with Crippen molar-refractivity contribution in [2.24, 2.45) is 0 Å². The monoisotopic (exact) mass is 393 g/mol. The molecule has 0 N–H and O–H groups in total. The Morgan fingerprint density at radius 1 is 0.893 bits per heavy atom. The van der Waals surface area contributed by atoms with Crippen LogP contribution in [0.3, 0.4) is 0 Å². The summed E-state index contributed by atoms with van der Waals surface area (Å²) in [6, 6.07) is 14.1. The summed E-state index contributed by atoms with van der Waals surface area (Å²) in [7, 11) is 0. The van der Waals surface area contributed by atoms with E-state index in [1.54, 1.807) is 34.9 Å². The van der Waals surface area contributed by atoms with E-state index in [0.29, 0.717) is 39.5 Å². The highest BCUT2D eigenvalue weighted by molar-refractivity contribution is 7.99. The number of carbonyl (C=O) groups is 2. The second kappa shape index (κ2) is 7.59. The van der Waals surface area contributed by atoms with Gasteiger partial charge in [-0.15, -0.1) is 0 Å². The molecule has 0 radical (unpaired) electrons. The van der Waals surface area contributed by atoms with E-state index < -0.39 is 0 Å². The molecular formula is C21H19N3O3S. The average Bonchev–Trinajstić information content (AvgIpc) is 2.96. The van der Waals surface area contributed by atoms with E-state index in [-0.39, 0.29) is 23.9 Å². The highest BCUT2D eigenvalue weighted by Crippen LogP contribution is 2.24. The molecule has 0 saturated carbocycles. The molecule has 1 aromatic heterocycles. The highest BCUT2D eigenvalue weighted by Gasteiger charge is 2.34. The van der Waals surface area contributed by atoms with E-state index in [1.165, 1.54) is 16.7 Å². The van der Waals surface area contributed by atoms with Crippen LogP contribution in [0.1, 0.15) is 34.1 Å².